The highest BCUT2D eigenvalue weighted by atomic mass is 35.5. The van der Waals surface area contributed by atoms with Crippen molar-refractivity contribution in [3.63, 3.8) is 0 Å². The Morgan fingerprint density at radius 2 is 1.62 bits per heavy atom. The molecule has 0 N–H and O–H groups in total. The van der Waals surface area contributed by atoms with E-state index in [2.05, 4.69) is 4.90 Å². The van der Waals surface area contributed by atoms with Gasteiger partial charge in [-0.2, -0.15) is 0 Å². The fourth-order valence-electron chi connectivity index (χ4n) is 5.45. The van der Waals surface area contributed by atoms with Gasteiger partial charge in [0.25, 0.3) is 5.91 Å². The van der Waals surface area contributed by atoms with Crippen LogP contribution in [-0.4, -0.2) is 69.1 Å². The third kappa shape index (κ3) is 4.60. The molecule has 1 fully saturated rings. The molecule has 192 valence electrons. The Labute approximate surface area is 222 Å². The topological polar surface area (TPSA) is 62.3 Å². The number of rotatable bonds is 5. The highest BCUT2D eigenvalue weighted by molar-refractivity contribution is 6.30. The van der Waals surface area contributed by atoms with E-state index in [9.17, 15) is 9.59 Å². The number of hydrogen-bond donors (Lipinski definition) is 0. The molecule has 2 aliphatic heterocycles. The van der Waals surface area contributed by atoms with Crippen molar-refractivity contribution in [2.75, 3.05) is 52.3 Å². The van der Waals surface area contributed by atoms with Crippen molar-refractivity contribution in [2.24, 2.45) is 0 Å². The number of nitrogens with zero attached hydrogens (tertiary/aromatic N) is 3. The third-order valence-electron chi connectivity index (χ3n) is 7.36. The van der Waals surface area contributed by atoms with E-state index in [1.807, 2.05) is 65.6 Å². The summed E-state index contributed by atoms with van der Waals surface area (Å²) in [4.78, 5) is 33.4. The summed E-state index contributed by atoms with van der Waals surface area (Å²) < 4.78 is 10.9. The van der Waals surface area contributed by atoms with Crippen LogP contribution >= 0.6 is 11.6 Å². The van der Waals surface area contributed by atoms with Crippen molar-refractivity contribution in [2.45, 2.75) is 12.0 Å². The van der Waals surface area contributed by atoms with Crippen LogP contribution in [0.5, 0.6) is 11.5 Å². The number of halogens is 1. The number of carbonyl (C=O) groups excluding carboxylic acids is 2. The molecule has 37 heavy (non-hydrogen) atoms. The van der Waals surface area contributed by atoms with Crippen LogP contribution in [0.25, 0.3) is 0 Å². The zero-order valence-corrected chi connectivity index (χ0v) is 21.9. The highest BCUT2D eigenvalue weighted by Crippen LogP contribution is 2.44. The van der Waals surface area contributed by atoms with E-state index in [1.165, 1.54) is 0 Å². The van der Waals surface area contributed by atoms with Gasteiger partial charge >= 0.3 is 0 Å². The molecule has 2 amide bonds. The van der Waals surface area contributed by atoms with Crippen molar-refractivity contribution in [1.29, 1.82) is 0 Å². The summed E-state index contributed by atoms with van der Waals surface area (Å²) in [7, 11) is 4.92. The van der Waals surface area contributed by atoms with E-state index in [-0.39, 0.29) is 11.8 Å². The van der Waals surface area contributed by atoms with Crippen molar-refractivity contribution in [3.8, 4) is 11.5 Å². The predicted molar refractivity (Wildman–Crippen MR) is 144 cm³/mol. The summed E-state index contributed by atoms with van der Waals surface area (Å²) in [5.41, 5.74) is 3.19. The molecule has 2 atom stereocenters. The number of hydrogen-bond acceptors (Lipinski definition) is 5. The van der Waals surface area contributed by atoms with E-state index in [1.54, 1.807) is 32.2 Å². The number of piperazine rings is 1. The number of methoxy groups -OCH3 is 2. The normalized spacial score (nSPS) is 19.5. The highest BCUT2D eigenvalue weighted by Gasteiger charge is 2.44. The second-order valence-electron chi connectivity index (χ2n) is 9.33. The van der Waals surface area contributed by atoms with Gasteiger partial charge in [-0.15, -0.1) is 0 Å². The molecule has 1 saturated heterocycles. The lowest BCUT2D eigenvalue weighted by Gasteiger charge is -2.43. The van der Waals surface area contributed by atoms with Crippen LogP contribution < -0.4 is 14.4 Å². The van der Waals surface area contributed by atoms with Crippen LogP contribution in [0.3, 0.4) is 0 Å². The minimum atomic E-state index is -0.547. The van der Waals surface area contributed by atoms with Crippen molar-refractivity contribution < 1.29 is 19.1 Å². The molecule has 8 heteroatoms. The van der Waals surface area contributed by atoms with E-state index in [4.69, 9.17) is 21.1 Å². The van der Waals surface area contributed by atoms with Gasteiger partial charge in [0.05, 0.1) is 26.2 Å². The first-order chi connectivity index (χ1) is 17.9. The number of carbonyl (C=O) groups is 2. The molecular formula is C29H30ClN3O4. The summed E-state index contributed by atoms with van der Waals surface area (Å²) in [5.74, 6) is 0.509. The molecule has 5 rings (SSSR count). The Morgan fingerprint density at radius 3 is 2.32 bits per heavy atom. The van der Waals surface area contributed by atoms with Crippen LogP contribution in [0.2, 0.25) is 5.02 Å². The average Bonchev–Trinajstić information content (AvgIpc) is 2.94. The van der Waals surface area contributed by atoms with Gasteiger partial charge in [0.1, 0.15) is 0 Å². The lowest BCUT2D eigenvalue weighted by atomic mass is 9.79. The van der Waals surface area contributed by atoms with Crippen LogP contribution in [-0.2, 0) is 4.79 Å². The summed E-state index contributed by atoms with van der Waals surface area (Å²) in [6, 6.07) is 20.3. The number of fused-ring (bicyclic) bond motifs is 1. The van der Waals surface area contributed by atoms with E-state index >= 15 is 0 Å². The molecule has 7 nitrogen and oxygen atoms in total. The van der Waals surface area contributed by atoms with Crippen LogP contribution in [0.1, 0.15) is 33.4 Å². The fourth-order valence-corrected chi connectivity index (χ4v) is 5.63. The maximum atomic E-state index is 14.2. The van der Waals surface area contributed by atoms with E-state index < -0.39 is 12.0 Å². The molecule has 3 aromatic carbocycles. The molecule has 3 aromatic rings. The number of anilines is 1. The molecule has 0 unspecified atom stereocenters. The molecule has 2 heterocycles. The fraction of sp³-hybridized carbons (Fsp3) is 0.310. The van der Waals surface area contributed by atoms with E-state index in [0.29, 0.717) is 48.3 Å². The summed E-state index contributed by atoms with van der Waals surface area (Å²) >= 11 is 6.19. The van der Waals surface area contributed by atoms with Gasteiger partial charge in [0.15, 0.2) is 11.5 Å². The maximum Gasteiger partial charge on any atom is 0.254 e. The second-order valence-corrected chi connectivity index (χ2v) is 9.77. The number of amides is 2. The monoisotopic (exact) mass is 519 g/mol. The first kappa shape index (κ1) is 25.0. The summed E-state index contributed by atoms with van der Waals surface area (Å²) in [5, 5.41) is 0.695. The second kappa shape index (κ2) is 10.3. The summed E-state index contributed by atoms with van der Waals surface area (Å²) in [6.45, 7) is 2.58. The van der Waals surface area contributed by atoms with Gasteiger partial charge in [-0.1, -0.05) is 41.9 Å². The molecule has 0 spiro atoms. The largest absolute Gasteiger partial charge is 0.493 e. The van der Waals surface area contributed by atoms with Crippen LogP contribution in [0, 0.1) is 0 Å². The third-order valence-corrected chi connectivity index (χ3v) is 7.59. The minimum absolute atomic E-state index is 0.0114. The Kier molecular flexibility index (Phi) is 6.98. The first-order valence-electron chi connectivity index (χ1n) is 12.3. The van der Waals surface area contributed by atoms with E-state index in [0.717, 1.165) is 16.8 Å². The zero-order valence-electron chi connectivity index (χ0n) is 21.2. The SMILES string of the molecule is COc1ccc([C@@H]2[C@@H](C(=O)N3CCN(c4cccc(Cl)c4)CC3)c3ccccc3C(=O)N2C)cc1OC. The molecule has 2 aliphatic rings. The van der Waals surface area contributed by atoms with Crippen LogP contribution in [0.15, 0.2) is 66.7 Å². The number of likely N-dealkylation sites (N-methyl/N-ethyl adjacent to an activating group) is 1. The zero-order chi connectivity index (χ0) is 26.1. The van der Waals surface area contributed by atoms with Gasteiger partial charge in [-0.25, -0.2) is 0 Å². The number of benzene rings is 3. The minimum Gasteiger partial charge on any atom is -0.493 e. The lowest BCUT2D eigenvalue weighted by Crippen LogP contribution is -2.53. The van der Waals surface area contributed by atoms with Crippen molar-refractivity contribution in [1.82, 2.24) is 9.80 Å². The molecule has 0 bridgehead atoms. The van der Waals surface area contributed by atoms with Crippen molar-refractivity contribution >= 4 is 29.1 Å². The maximum absolute atomic E-state index is 14.2. The Morgan fingerprint density at radius 1 is 0.892 bits per heavy atom. The molecule has 0 aliphatic carbocycles. The smallest absolute Gasteiger partial charge is 0.254 e. The van der Waals surface area contributed by atoms with Gasteiger partial charge in [0.2, 0.25) is 5.91 Å². The molecular weight excluding hydrogens is 490 g/mol. The summed E-state index contributed by atoms with van der Waals surface area (Å²) in [6.07, 6.45) is 0. The Balaban J connectivity index is 1.48. The number of ether oxygens (including phenoxy) is 2. The molecule has 0 saturated carbocycles. The Bertz CT molecular complexity index is 1320. The van der Waals surface area contributed by atoms with Gasteiger partial charge < -0.3 is 24.2 Å². The van der Waals surface area contributed by atoms with Gasteiger partial charge in [-0.3, -0.25) is 9.59 Å². The average molecular weight is 520 g/mol. The quantitative estimate of drug-likeness (QED) is 0.492. The molecule has 0 radical (unpaired) electrons. The lowest BCUT2D eigenvalue weighted by molar-refractivity contribution is -0.134. The predicted octanol–water partition coefficient (Wildman–Crippen LogP) is 4.62. The first-order valence-corrected chi connectivity index (χ1v) is 12.7. The van der Waals surface area contributed by atoms with Gasteiger partial charge in [0, 0.05) is 49.5 Å². The Hall–Kier alpha value is -3.71. The standard InChI is InChI=1S/C29H30ClN3O4/c1-31-27(19-11-12-24(36-2)25(17-19)37-3)26(22-9-4-5-10-23(22)28(31)34)29(35)33-15-13-32(14-16-33)21-8-6-7-20(30)18-21/h4-12,17-18,26-27H,13-16H2,1-3H3/t26-,27+/m0/s1. The van der Waals surface area contributed by atoms with Gasteiger partial charge in [-0.05, 0) is 47.5 Å². The van der Waals surface area contributed by atoms with Crippen molar-refractivity contribution in [3.05, 3.63) is 88.4 Å². The van der Waals surface area contributed by atoms with Crippen LogP contribution in [0.4, 0.5) is 5.69 Å². The molecule has 0 aromatic heterocycles.